The van der Waals surface area contributed by atoms with Crippen molar-refractivity contribution in [2.75, 3.05) is 0 Å². The number of carboxylic acid groups (broad SMARTS) is 1. The summed E-state index contributed by atoms with van der Waals surface area (Å²) in [6.45, 7) is 0. The molecule has 0 spiro atoms. The van der Waals surface area contributed by atoms with E-state index in [2.05, 4.69) is 4.98 Å². The van der Waals surface area contributed by atoms with Crippen LogP contribution < -0.4 is 0 Å². The number of aromatic amines is 1. The molecule has 1 aromatic heterocycles. The lowest BCUT2D eigenvalue weighted by Gasteiger charge is -2.21. The highest BCUT2D eigenvalue weighted by atomic mass is 19.1. The van der Waals surface area contributed by atoms with Crippen LogP contribution in [0, 0.1) is 5.82 Å². The van der Waals surface area contributed by atoms with Crippen molar-refractivity contribution in [1.29, 1.82) is 0 Å². The average Bonchev–Trinajstić information content (AvgIpc) is 2.69. The van der Waals surface area contributed by atoms with Gasteiger partial charge in [0.25, 0.3) is 0 Å². The minimum absolute atomic E-state index is 0.00167. The van der Waals surface area contributed by atoms with E-state index in [1.165, 1.54) is 6.07 Å². The predicted octanol–water partition coefficient (Wildman–Crippen LogP) is 3.20. The van der Waals surface area contributed by atoms with Crippen LogP contribution in [0.4, 0.5) is 4.39 Å². The van der Waals surface area contributed by atoms with E-state index in [1.807, 2.05) is 6.07 Å². The minimum atomic E-state index is -0.793. The van der Waals surface area contributed by atoms with E-state index in [0.717, 1.165) is 35.9 Å². The third-order valence-corrected chi connectivity index (χ3v) is 3.71. The van der Waals surface area contributed by atoms with Crippen molar-refractivity contribution >= 4 is 16.9 Å². The summed E-state index contributed by atoms with van der Waals surface area (Å²) in [5.41, 5.74) is 2.53. The smallest absolute Gasteiger partial charge is 0.303 e. The van der Waals surface area contributed by atoms with Crippen molar-refractivity contribution < 1.29 is 14.3 Å². The molecule has 1 heterocycles. The lowest BCUT2D eigenvalue weighted by molar-refractivity contribution is -0.137. The maximum Gasteiger partial charge on any atom is 0.303 e. The summed E-state index contributed by atoms with van der Waals surface area (Å²) in [5.74, 6) is -1.06. The van der Waals surface area contributed by atoms with Gasteiger partial charge in [-0.25, -0.2) is 4.39 Å². The second-order valence-corrected chi connectivity index (χ2v) is 4.87. The molecule has 0 amide bonds. The van der Waals surface area contributed by atoms with Crippen LogP contribution in [0.1, 0.15) is 36.4 Å². The molecule has 0 radical (unpaired) electrons. The second-order valence-electron chi connectivity index (χ2n) is 4.87. The van der Waals surface area contributed by atoms with Crippen molar-refractivity contribution in [2.24, 2.45) is 0 Å². The number of H-pyrrole nitrogens is 1. The second kappa shape index (κ2) is 4.12. The molecule has 2 N–H and O–H groups in total. The number of aryl methyl sites for hydroxylation is 1. The zero-order valence-electron chi connectivity index (χ0n) is 9.87. The van der Waals surface area contributed by atoms with E-state index in [1.54, 1.807) is 6.07 Å². The molecule has 1 aliphatic rings. The van der Waals surface area contributed by atoms with Crippen LogP contribution in [0.15, 0.2) is 18.2 Å². The van der Waals surface area contributed by atoms with Crippen LogP contribution in [0.5, 0.6) is 0 Å². The summed E-state index contributed by atoms with van der Waals surface area (Å²) in [7, 11) is 0. The lowest BCUT2D eigenvalue weighted by atomic mass is 9.83. The van der Waals surface area contributed by atoms with Crippen molar-refractivity contribution in [3.8, 4) is 0 Å². The highest BCUT2D eigenvalue weighted by molar-refractivity contribution is 5.86. The number of hydrogen-bond acceptors (Lipinski definition) is 1. The molecule has 0 aliphatic heterocycles. The third kappa shape index (κ3) is 1.68. The van der Waals surface area contributed by atoms with Gasteiger partial charge >= 0.3 is 5.97 Å². The molecule has 1 atom stereocenters. The molecule has 1 aromatic carbocycles. The van der Waals surface area contributed by atoms with Crippen LogP contribution in [0.25, 0.3) is 10.9 Å². The molecule has 1 aliphatic carbocycles. The Kier molecular flexibility index (Phi) is 2.58. The zero-order chi connectivity index (χ0) is 12.7. The van der Waals surface area contributed by atoms with Crippen LogP contribution in [-0.2, 0) is 11.2 Å². The van der Waals surface area contributed by atoms with Gasteiger partial charge in [0.1, 0.15) is 5.82 Å². The number of fused-ring (bicyclic) bond motifs is 3. The summed E-state index contributed by atoms with van der Waals surface area (Å²) in [5, 5.41) is 9.81. The van der Waals surface area contributed by atoms with Crippen LogP contribution in [-0.4, -0.2) is 16.1 Å². The van der Waals surface area contributed by atoms with Crippen molar-refractivity contribution in [2.45, 2.75) is 31.6 Å². The van der Waals surface area contributed by atoms with Gasteiger partial charge in [0, 0.05) is 11.1 Å². The molecular weight excluding hydrogens is 233 g/mol. The number of para-hydroxylation sites is 1. The van der Waals surface area contributed by atoms with Crippen LogP contribution in [0.3, 0.4) is 0 Å². The fourth-order valence-electron chi connectivity index (χ4n) is 3.00. The fourth-order valence-corrected chi connectivity index (χ4v) is 3.00. The standard InChI is InChI=1S/C14H14FNO2/c15-10-5-2-4-9-13-8(7-12(17)18)3-1-6-11(13)16-14(9)10/h2,4-5,8,16H,1,3,6-7H2,(H,17,18). The molecule has 2 aromatic rings. The average molecular weight is 247 g/mol. The number of aromatic nitrogens is 1. The molecule has 0 saturated heterocycles. The normalized spacial score (nSPS) is 18.8. The number of carboxylic acids is 1. The van der Waals surface area contributed by atoms with E-state index in [-0.39, 0.29) is 18.2 Å². The maximum atomic E-state index is 13.7. The Labute approximate surface area is 104 Å². The van der Waals surface area contributed by atoms with Gasteiger partial charge in [-0.15, -0.1) is 0 Å². The van der Waals surface area contributed by atoms with Crippen LogP contribution >= 0.6 is 0 Å². The molecular formula is C14H14FNO2. The van der Waals surface area contributed by atoms with E-state index >= 15 is 0 Å². The molecule has 4 heteroatoms. The topological polar surface area (TPSA) is 53.1 Å². The molecule has 18 heavy (non-hydrogen) atoms. The van der Waals surface area contributed by atoms with Crippen molar-refractivity contribution in [1.82, 2.24) is 4.98 Å². The van der Waals surface area contributed by atoms with Gasteiger partial charge < -0.3 is 10.1 Å². The van der Waals surface area contributed by atoms with Gasteiger partial charge in [-0.2, -0.15) is 0 Å². The van der Waals surface area contributed by atoms with Gasteiger partial charge in [-0.05, 0) is 36.8 Å². The third-order valence-electron chi connectivity index (χ3n) is 3.71. The first-order valence-corrected chi connectivity index (χ1v) is 6.17. The molecule has 1 unspecified atom stereocenters. The molecule has 0 saturated carbocycles. The number of nitrogens with one attached hydrogen (secondary N) is 1. The van der Waals surface area contributed by atoms with E-state index < -0.39 is 5.97 Å². The Hall–Kier alpha value is -1.84. The Balaban J connectivity index is 2.18. The largest absolute Gasteiger partial charge is 0.481 e. The van der Waals surface area contributed by atoms with Crippen molar-refractivity contribution in [3.05, 3.63) is 35.3 Å². The Morgan fingerprint density at radius 1 is 1.50 bits per heavy atom. The maximum absolute atomic E-state index is 13.7. The number of benzene rings is 1. The number of rotatable bonds is 2. The predicted molar refractivity (Wildman–Crippen MR) is 66.2 cm³/mol. The molecule has 0 fully saturated rings. The van der Waals surface area contributed by atoms with Crippen LogP contribution in [0.2, 0.25) is 0 Å². The summed E-state index contributed by atoms with van der Waals surface area (Å²) in [4.78, 5) is 14.0. The first-order valence-electron chi connectivity index (χ1n) is 6.17. The molecule has 3 rings (SSSR count). The van der Waals surface area contributed by atoms with E-state index in [0.29, 0.717) is 5.52 Å². The fraction of sp³-hybridized carbons (Fsp3) is 0.357. The number of aliphatic carboxylic acids is 1. The highest BCUT2D eigenvalue weighted by Gasteiger charge is 2.27. The van der Waals surface area contributed by atoms with Crippen molar-refractivity contribution in [3.63, 3.8) is 0 Å². The quantitative estimate of drug-likeness (QED) is 0.856. The summed E-state index contributed by atoms with van der Waals surface area (Å²) in [6, 6.07) is 4.97. The summed E-state index contributed by atoms with van der Waals surface area (Å²) in [6.07, 6.45) is 2.82. The van der Waals surface area contributed by atoms with Gasteiger partial charge in [0.15, 0.2) is 0 Å². The highest BCUT2D eigenvalue weighted by Crippen LogP contribution is 2.39. The summed E-state index contributed by atoms with van der Waals surface area (Å²) < 4.78 is 13.7. The number of carbonyl (C=O) groups is 1. The monoisotopic (exact) mass is 247 g/mol. The molecule has 0 bridgehead atoms. The number of hydrogen-bond donors (Lipinski definition) is 2. The first-order chi connectivity index (χ1) is 8.66. The first kappa shape index (κ1) is 11.3. The van der Waals surface area contributed by atoms with Gasteiger partial charge in [-0.3, -0.25) is 4.79 Å². The minimum Gasteiger partial charge on any atom is -0.481 e. The SMILES string of the molecule is O=C(O)CC1CCCc2[nH]c3c(F)cccc3c21. The Morgan fingerprint density at radius 2 is 2.33 bits per heavy atom. The lowest BCUT2D eigenvalue weighted by Crippen LogP contribution is -2.12. The number of halogens is 1. The summed E-state index contributed by atoms with van der Waals surface area (Å²) >= 11 is 0. The Morgan fingerprint density at radius 3 is 3.11 bits per heavy atom. The Bertz CT molecular complexity index is 618. The van der Waals surface area contributed by atoms with E-state index in [9.17, 15) is 9.18 Å². The zero-order valence-corrected chi connectivity index (χ0v) is 9.87. The van der Waals surface area contributed by atoms with Gasteiger partial charge in [0.05, 0.1) is 11.9 Å². The van der Waals surface area contributed by atoms with Gasteiger partial charge in [-0.1, -0.05) is 12.1 Å². The van der Waals surface area contributed by atoms with Gasteiger partial charge in [0.2, 0.25) is 0 Å². The molecule has 94 valence electrons. The molecule has 3 nitrogen and oxygen atoms in total. The van der Waals surface area contributed by atoms with E-state index in [4.69, 9.17) is 5.11 Å².